The normalized spacial score (nSPS) is 19.8. The summed E-state index contributed by atoms with van der Waals surface area (Å²) in [7, 11) is 0. The Labute approximate surface area is 225 Å². The molecule has 202 valence electrons. The molecule has 2 saturated heterocycles. The predicted octanol–water partition coefficient (Wildman–Crippen LogP) is 4.83. The summed E-state index contributed by atoms with van der Waals surface area (Å²) < 4.78 is 11.1. The second-order valence-electron chi connectivity index (χ2n) is 10.2. The van der Waals surface area contributed by atoms with Crippen molar-refractivity contribution >= 4 is 17.4 Å². The second kappa shape index (κ2) is 12.4. The first-order valence-corrected chi connectivity index (χ1v) is 13.3. The fraction of sp³-hybridized carbons (Fsp3) is 0.419. The van der Waals surface area contributed by atoms with Gasteiger partial charge in [-0.25, -0.2) is 0 Å². The molecule has 1 amide bonds. The number of aryl methyl sites for hydroxylation is 1. The molecule has 0 saturated carbocycles. The van der Waals surface area contributed by atoms with Crippen LogP contribution in [-0.4, -0.2) is 72.6 Å². The van der Waals surface area contributed by atoms with Gasteiger partial charge in [0.15, 0.2) is 0 Å². The topological polar surface area (TPSA) is 79.3 Å². The maximum Gasteiger partial charge on any atom is 0.295 e. The van der Waals surface area contributed by atoms with Gasteiger partial charge < -0.3 is 19.5 Å². The molecule has 0 spiro atoms. The van der Waals surface area contributed by atoms with Gasteiger partial charge >= 0.3 is 0 Å². The van der Waals surface area contributed by atoms with E-state index in [0.717, 1.165) is 37.2 Å². The van der Waals surface area contributed by atoms with E-state index < -0.39 is 17.7 Å². The zero-order valence-electron chi connectivity index (χ0n) is 22.6. The first-order valence-electron chi connectivity index (χ1n) is 13.3. The number of aliphatic hydroxyl groups excluding tert-OH is 1. The fourth-order valence-corrected chi connectivity index (χ4v) is 5.07. The van der Waals surface area contributed by atoms with Crippen LogP contribution in [0.3, 0.4) is 0 Å². The van der Waals surface area contributed by atoms with Gasteiger partial charge in [0.2, 0.25) is 0 Å². The van der Waals surface area contributed by atoms with Gasteiger partial charge in [0, 0.05) is 31.7 Å². The first kappa shape index (κ1) is 27.6. The van der Waals surface area contributed by atoms with Crippen molar-refractivity contribution in [3.05, 3.63) is 82.9 Å². The Hall–Kier alpha value is -3.42. The molecule has 2 aromatic rings. The summed E-state index contributed by atoms with van der Waals surface area (Å²) >= 11 is 0. The summed E-state index contributed by atoms with van der Waals surface area (Å²) in [5.74, 6) is -0.375. The molecule has 0 radical (unpaired) electrons. The minimum atomic E-state index is -0.656. The maximum atomic E-state index is 13.4. The lowest BCUT2D eigenvalue weighted by molar-refractivity contribution is -0.140. The van der Waals surface area contributed by atoms with E-state index in [0.29, 0.717) is 43.6 Å². The summed E-state index contributed by atoms with van der Waals surface area (Å²) in [6, 6.07) is 12.6. The SMILES string of the molecule is C=CCOc1ccc(C(O)=C2C(=O)C(=O)N(CCCN3CCOCC3)[C@@H]2c2ccc(C(C)C)cc2)cc1C. The number of benzene rings is 2. The van der Waals surface area contributed by atoms with E-state index in [1.54, 1.807) is 29.2 Å². The largest absolute Gasteiger partial charge is 0.507 e. The van der Waals surface area contributed by atoms with Gasteiger partial charge in [-0.05, 0) is 54.2 Å². The van der Waals surface area contributed by atoms with Crippen LogP contribution >= 0.6 is 0 Å². The van der Waals surface area contributed by atoms with Crippen molar-refractivity contribution in [1.29, 1.82) is 0 Å². The number of likely N-dealkylation sites (tertiary alicyclic amines) is 1. The highest BCUT2D eigenvalue weighted by molar-refractivity contribution is 6.46. The quantitative estimate of drug-likeness (QED) is 0.210. The highest BCUT2D eigenvalue weighted by atomic mass is 16.5. The predicted molar refractivity (Wildman–Crippen MR) is 148 cm³/mol. The van der Waals surface area contributed by atoms with Crippen LogP contribution in [0.2, 0.25) is 0 Å². The van der Waals surface area contributed by atoms with E-state index in [1.165, 1.54) is 5.56 Å². The van der Waals surface area contributed by atoms with Crippen LogP contribution in [-0.2, 0) is 14.3 Å². The number of hydrogen-bond donors (Lipinski definition) is 1. The van der Waals surface area contributed by atoms with E-state index in [1.807, 2.05) is 31.2 Å². The van der Waals surface area contributed by atoms with Crippen molar-refractivity contribution in [2.45, 2.75) is 39.2 Å². The van der Waals surface area contributed by atoms with Crippen LogP contribution in [0.15, 0.2) is 60.7 Å². The van der Waals surface area contributed by atoms with Crippen LogP contribution < -0.4 is 4.74 Å². The lowest BCUT2D eigenvalue weighted by Crippen LogP contribution is -2.38. The van der Waals surface area contributed by atoms with Crippen molar-refractivity contribution < 1.29 is 24.2 Å². The van der Waals surface area contributed by atoms with Crippen LogP contribution in [0.1, 0.15) is 54.5 Å². The number of Topliss-reactive ketones (excluding diaryl/α,β-unsaturated/α-hetero) is 1. The molecule has 7 nitrogen and oxygen atoms in total. The molecular formula is C31H38N2O5. The summed E-state index contributed by atoms with van der Waals surface area (Å²) in [5.41, 5.74) is 3.39. The average Bonchev–Trinajstić information content (AvgIpc) is 3.17. The number of aliphatic hydroxyl groups is 1. The number of hydrogen-bond acceptors (Lipinski definition) is 6. The minimum Gasteiger partial charge on any atom is -0.507 e. The molecule has 0 unspecified atom stereocenters. The number of ether oxygens (including phenoxy) is 2. The number of rotatable bonds is 10. The molecule has 0 aliphatic carbocycles. The van der Waals surface area contributed by atoms with E-state index in [9.17, 15) is 14.7 Å². The first-order chi connectivity index (χ1) is 18.3. The molecule has 7 heteroatoms. The summed E-state index contributed by atoms with van der Waals surface area (Å²) in [6.45, 7) is 14.6. The van der Waals surface area contributed by atoms with Gasteiger partial charge in [-0.3, -0.25) is 14.5 Å². The molecule has 2 heterocycles. The van der Waals surface area contributed by atoms with Crippen molar-refractivity contribution in [2.24, 2.45) is 0 Å². The number of morpholine rings is 1. The molecule has 1 atom stereocenters. The molecule has 1 N–H and O–H groups in total. The van der Waals surface area contributed by atoms with Gasteiger partial charge in [0.1, 0.15) is 18.1 Å². The zero-order chi connectivity index (χ0) is 27.2. The Bertz CT molecular complexity index is 1200. The molecule has 38 heavy (non-hydrogen) atoms. The summed E-state index contributed by atoms with van der Waals surface area (Å²) in [6.07, 6.45) is 2.39. The summed E-state index contributed by atoms with van der Waals surface area (Å²) in [4.78, 5) is 30.6. The Kier molecular flexibility index (Phi) is 9.02. The second-order valence-corrected chi connectivity index (χ2v) is 10.2. The smallest absolute Gasteiger partial charge is 0.295 e. The molecule has 4 rings (SSSR count). The number of ketones is 1. The molecule has 2 aromatic carbocycles. The minimum absolute atomic E-state index is 0.123. The van der Waals surface area contributed by atoms with Gasteiger partial charge in [-0.15, -0.1) is 0 Å². The third-order valence-electron chi connectivity index (χ3n) is 7.24. The number of amides is 1. The highest BCUT2D eigenvalue weighted by Crippen LogP contribution is 2.40. The molecular weight excluding hydrogens is 480 g/mol. The van der Waals surface area contributed by atoms with E-state index >= 15 is 0 Å². The molecule has 0 bridgehead atoms. The Balaban J connectivity index is 1.68. The lowest BCUT2D eigenvalue weighted by atomic mass is 9.93. The van der Waals surface area contributed by atoms with Crippen molar-refractivity contribution in [1.82, 2.24) is 9.80 Å². The molecule has 0 aromatic heterocycles. The van der Waals surface area contributed by atoms with Crippen LogP contribution in [0, 0.1) is 6.92 Å². The molecule has 2 aliphatic heterocycles. The monoisotopic (exact) mass is 518 g/mol. The van der Waals surface area contributed by atoms with Gasteiger partial charge in [-0.1, -0.05) is 50.8 Å². The van der Waals surface area contributed by atoms with E-state index in [-0.39, 0.29) is 11.3 Å². The van der Waals surface area contributed by atoms with Gasteiger partial charge in [0.25, 0.3) is 11.7 Å². The van der Waals surface area contributed by atoms with Gasteiger partial charge in [0.05, 0.1) is 24.8 Å². The van der Waals surface area contributed by atoms with Crippen LogP contribution in [0.4, 0.5) is 0 Å². The number of carbonyl (C=O) groups is 2. The van der Waals surface area contributed by atoms with Crippen molar-refractivity contribution in [3.63, 3.8) is 0 Å². The van der Waals surface area contributed by atoms with Gasteiger partial charge in [-0.2, -0.15) is 0 Å². The number of nitrogens with zero attached hydrogens (tertiary/aromatic N) is 2. The van der Waals surface area contributed by atoms with Crippen LogP contribution in [0.5, 0.6) is 5.75 Å². The maximum absolute atomic E-state index is 13.4. The Morgan fingerprint density at radius 3 is 2.47 bits per heavy atom. The van der Waals surface area contributed by atoms with Crippen molar-refractivity contribution in [2.75, 3.05) is 46.0 Å². The fourth-order valence-electron chi connectivity index (χ4n) is 5.07. The zero-order valence-corrected chi connectivity index (χ0v) is 22.6. The van der Waals surface area contributed by atoms with Crippen LogP contribution in [0.25, 0.3) is 5.76 Å². The highest BCUT2D eigenvalue weighted by Gasteiger charge is 2.45. The standard InChI is InChI=1S/C31H38N2O5/c1-5-17-38-26-12-11-25(20-22(26)4)29(34)27-28(24-9-7-23(8-10-24)21(2)3)33(31(36)30(27)35)14-6-13-32-15-18-37-19-16-32/h5,7-12,20-21,28,34H,1,6,13-19H2,2-4H3/t28-/m1/s1. The Morgan fingerprint density at radius 2 is 1.84 bits per heavy atom. The average molecular weight is 519 g/mol. The van der Waals surface area contributed by atoms with E-state index in [4.69, 9.17) is 9.47 Å². The van der Waals surface area contributed by atoms with E-state index in [2.05, 4.69) is 25.3 Å². The third kappa shape index (κ3) is 6.00. The Morgan fingerprint density at radius 1 is 1.13 bits per heavy atom. The summed E-state index contributed by atoms with van der Waals surface area (Å²) in [5, 5.41) is 11.4. The van der Waals surface area contributed by atoms with Crippen molar-refractivity contribution in [3.8, 4) is 5.75 Å². The molecule has 2 aliphatic rings. The molecule has 2 fully saturated rings. The number of carbonyl (C=O) groups excluding carboxylic acids is 2. The lowest BCUT2D eigenvalue weighted by Gasteiger charge is -2.29. The third-order valence-corrected chi connectivity index (χ3v) is 7.24.